The standard InChI is InChI=1S/C13H22O2/c14-13-11-9-7-5-3-1-2-4-6-8-10-12-15-13/h6,8H,1-5,7,9-12H2/b8-6+. The number of hydrogen-bond acceptors (Lipinski definition) is 2. The van der Waals surface area contributed by atoms with E-state index in [1.807, 2.05) is 0 Å². The van der Waals surface area contributed by atoms with Crippen LogP contribution in [0, 0.1) is 0 Å². The summed E-state index contributed by atoms with van der Waals surface area (Å²) in [7, 11) is 0. The van der Waals surface area contributed by atoms with Crippen LogP contribution in [0.5, 0.6) is 0 Å². The van der Waals surface area contributed by atoms with E-state index in [1.165, 1.54) is 38.5 Å². The number of carbonyl (C=O) groups excluding carboxylic acids is 1. The molecule has 0 saturated heterocycles. The molecule has 0 unspecified atom stereocenters. The predicted molar refractivity (Wildman–Crippen MR) is 61.7 cm³/mol. The van der Waals surface area contributed by atoms with Crippen molar-refractivity contribution in [3.63, 3.8) is 0 Å². The number of carbonyl (C=O) groups is 1. The van der Waals surface area contributed by atoms with Crippen LogP contribution in [0.15, 0.2) is 12.2 Å². The van der Waals surface area contributed by atoms with E-state index in [0.29, 0.717) is 13.0 Å². The molecular weight excluding hydrogens is 188 g/mol. The third kappa shape index (κ3) is 7.18. The first kappa shape index (κ1) is 12.3. The zero-order valence-electron chi connectivity index (χ0n) is 9.54. The summed E-state index contributed by atoms with van der Waals surface area (Å²) >= 11 is 0. The van der Waals surface area contributed by atoms with Crippen LogP contribution in [0.1, 0.15) is 57.8 Å². The molecule has 0 aliphatic carbocycles. The maximum absolute atomic E-state index is 11.2. The highest BCUT2D eigenvalue weighted by atomic mass is 16.5. The van der Waals surface area contributed by atoms with Gasteiger partial charge in [0.2, 0.25) is 0 Å². The van der Waals surface area contributed by atoms with Crippen LogP contribution in [0.4, 0.5) is 0 Å². The summed E-state index contributed by atoms with van der Waals surface area (Å²) in [6, 6.07) is 0. The molecule has 0 fully saturated rings. The smallest absolute Gasteiger partial charge is 0.305 e. The Kier molecular flexibility index (Phi) is 6.97. The predicted octanol–water partition coefficient (Wildman–Crippen LogP) is 3.61. The molecule has 0 saturated carbocycles. The molecule has 2 nitrogen and oxygen atoms in total. The van der Waals surface area contributed by atoms with Gasteiger partial charge in [-0.05, 0) is 25.7 Å². The summed E-state index contributed by atoms with van der Waals surface area (Å²) in [5.74, 6) is -0.0274. The lowest BCUT2D eigenvalue weighted by atomic mass is 10.1. The van der Waals surface area contributed by atoms with Crippen molar-refractivity contribution in [1.82, 2.24) is 0 Å². The maximum atomic E-state index is 11.2. The highest BCUT2D eigenvalue weighted by Crippen LogP contribution is 2.10. The monoisotopic (exact) mass is 210 g/mol. The molecule has 0 spiro atoms. The van der Waals surface area contributed by atoms with E-state index in [2.05, 4.69) is 12.2 Å². The second-order valence-electron chi connectivity index (χ2n) is 4.14. The van der Waals surface area contributed by atoms with Gasteiger partial charge in [0.25, 0.3) is 0 Å². The molecule has 0 bridgehead atoms. The number of cyclic esters (lactones) is 1. The molecule has 1 rings (SSSR count). The molecule has 86 valence electrons. The Bertz CT molecular complexity index is 197. The lowest BCUT2D eigenvalue weighted by Crippen LogP contribution is -2.05. The van der Waals surface area contributed by atoms with Crippen molar-refractivity contribution in [3.8, 4) is 0 Å². The average molecular weight is 210 g/mol. The molecule has 0 aromatic rings. The molecule has 1 aliphatic heterocycles. The number of esters is 1. The van der Waals surface area contributed by atoms with E-state index in [1.54, 1.807) is 0 Å². The second-order valence-corrected chi connectivity index (χ2v) is 4.14. The van der Waals surface area contributed by atoms with Gasteiger partial charge >= 0.3 is 5.97 Å². The van der Waals surface area contributed by atoms with Crippen LogP contribution in [0.3, 0.4) is 0 Å². The zero-order valence-corrected chi connectivity index (χ0v) is 9.54. The van der Waals surface area contributed by atoms with Gasteiger partial charge in [0, 0.05) is 6.42 Å². The molecule has 0 atom stereocenters. The highest BCUT2D eigenvalue weighted by molar-refractivity contribution is 5.69. The molecule has 1 aliphatic rings. The van der Waals surface area contributed by atoms with Crippen LogP contribution in [0.2, 0.25) is 0 Å². The Labute approximate surface area is 92.7 Å². The molecule has 1 heterocycles. The van der Waals surface area contributed by atoms with Gasteiger partial charge in [-0.15, -0.1) is 0 Å². The van der Waals surface area contributed by atoms with E-state index in [9.17, 15) is 4.79 Å². The van der Waals surface area contributed by atoms with Crippen molar-refractivity contribution in [2.24, 2.45) is 0 Å². The van der Waals surface area contributed by atoms with Crippen LogP contribution in [0.25, 0.3) is 0 Å². The third-order valence-corrected chi connectivity index (χ3v) is 2.72. The third-order valence-electron chi connectivity index (χ3n) is 2.72. The fourth-order valence-electron chi connectivity index (χ4n) is 1.79. The first-order valence-corrected chi connectivity index (χ1v) is 6.20. The van der Waals surface area contributed by atoms with Crippen LogP contribution < -0.4 is 0 Å². The van der Waals surface area contributed by atoms with Crippen molar-refractivity contribution < 1.29 is 9.53 Å². The van der Waals surface area contributed by atoms with Gasteiger partial charge in [0.15, 0.2) is 0 Å². The summed E-state index contributed by atoms with van der Waals surface area (Å²) in [6.45, 7) is 0.551. The molecule has 0 amide bonds. The first-order valence-electron chi connectivity index (χ1n) is 6.20. The van der Waals surface area contributed by atoms with E-state index in [0.717, 1.165) is 12.8 Å². The molecule has 15 heavy (non-hydrogen) atoms. The van der Waals surface area contributed by atoms with E-state index < -0.39 is 0 Å². The zero-order chi connectivity index (χ0) is 10.8. The van der Waals surface area contributed by atoms with E-state index in [4.69, 9.17) is 4.74 Å². The van der Waals surface area contributed by atoms with E-state index >= 15 is 0 Å². The lowest BCUT2D eigenvalue weighted by Gasteiger charge is -2.04. The van der Waals surface area contributed by atoms with Crippen LogP contribution in [-0.2, 0) is 9.53 Å². The number of rotatable bonds is 0. The summed E-state index contributed by atoms with van der Waals surface area (Å²) in [6.07, 6.45) is 14.3. The van der Waals surface area contributed by atoms with Crippen molar-refractivity contribution >= 4 is 5.97 Å². The summed E-state index contributed by atoms with van der Waals surface area (Å²) in [5, 5.41) is 0. The Morgan fingerprint density at radius 1 is 0.867 bits per heavy atom. The number of hydrogen-bond donors (Lipinski definition) is 0. The summed E-state index contributed by atoms with van der Waals surface area (Å²) in [4.78, 5) is 11.2. The highest BCUT2D eigenvalue weighted by Gasteiger charge is 2.01. The van der Waals surface area contributed by atoms with Gasteiger partial charge in [-0.25, -0.2) is 0 Å². The minimum atomic E-state index is -0.0274. The van der Waals surface area contributed by atoms with Crippen molar-refractivity contribution in [2.45, 2.75) is 57.8 Å². The second kappa shape index (κ2) is 8.51. The Hall–Kier alpha value is -0.790. The van der Waals surface area contributed by atoms with Gasteiger partial charge in [-0.1, -0.05) is 37.8 Å². The largest absolute Gasteiger partial charge is 0.465 e. The van der Waals surface area contributed by atoms with E-state index in [-0.39, 0.29) is 5.97 Å². The van der Waals surface area contributed by atoms with Gasteiger partial charge < -0.3 is 4.74 Å². The molecule has 2 heteroatoms. The SMILES string of the molecule is O=C1CCCCCCCC/C=C/CCO1. The molecular formula is C13H22O2. The maximum Gasteiger partial charge on any atom is 0.305 e. The molecule has 0 radical (unpaired) electrons. The fourth-order valence-corrected chi connectivity index (χ4v) is 1.79. The first-order chi connectivity index (χ1) is 7.39. The Morgan fingerprint density at radius 2 is 1.53 bits per heavy atom. The summed E-state index contributed by atoms with van der Waals surface area (Å²) < 4.78 is 5.10. The average Bonchev–Trinajstić information content (AvgIpc) is 2.24. The molecule has 0 N–H and O–H groups in total. The Morgan fingerprint density at radius 3 is 2.40 bits per heavy atom. The minimum Gasteiger partial charge on any atom is -0.465 e. The fraction of sp³-hybridized carbons (Fsp3) is 0.769. The van der Waals surface area contributed by atoms with Crippen LogP contribution >= 0.6 is 0 Å². The lowest BCUT2D eigenvalue weighted by molar-refractivity contribution is -0.143. The topological polar surface area (TPSA) is 26.3 Å². The van der Waals surface area contributed by atoms with Gasteiger partial charge in [0.1, 0.15) is 0 Å². The van der Waals surface area contributed by atoms with Crippen molar-refractivity contribution in [1.29, 1.82) is 0 Å². The normalized spacial score (nSPS) is 23.9. The molecule has 0 aromatic heterocycles. The van der Waals surface area contributed by atoms with Crippen molar-refractivity contribution in [3.05, 3.63) is 12.2 Å². The van der Waals surface area contributed by atoms with Gasteiger partial charge in [-0.3, -0.25) is 4.79 Å². The number of allylic oxidation sites excluding steroid dienone is 1. The Balaban J connectivity index is 2.21. The minimum absolute atomic E-state index is 0.0274. The van der Waals surface area contributed by atoms with Gasteiger partial charge in [-0.2, -0.15) is 0 Å². The number of ether oxygens (including phenoxy) is 1. The van der Waals surface area contributed by atoms with Crippen LogP contribution in [-0.4, -0.2) is 12.6 Å². The molecule has 0 aromatic carbocycles. The van der Waals surface area contributed by atoms with Gasteiger partial charge in [0.05, 0.1) is 6.61 Å². The summed E-state index contributed by atoms with van der Waals surface area (Å²) in [5.41, 5.74) is 0. The van der Waals surface area contributed by atoms with Crippen molar-refractivity contribution in [2.75, 3.05) is 6.61 Å². The quantitative estimate of drug-likeness (QED) is 0.451.